The highest BCUT2D eigenvalue weighted by atomic mass is 16.5. The highest BCUT2D eigenvalue weighted by Gasteiger charge is 2.30. The number of hydrogen-bond acceptors (Lipinski definition) is 5. The Balaban J connectivity index is 0.000000263. The van der Waals surface area contributed by atoms with E-state index >= 15 is 0 Å². The first-order valence-electron chi connectivity index (χ1n) is 24.7. The van der Waals surface area contributed by atoms with Crippen molar-refractivity contribution in [3.05, 3.63) is 185 Å². The molecule has 71 heavy (non-hydrogen) atoms. The quantitative estimate of drug-likeness (QED) is 0.0999. The van der Waals surface area contributed by atoms with Crippen LogP contribution in [0.1, 0.15) is 116 Å². The summed E-state index contributed by atoms with van der Waals surface area (Å²) in [7, 11) is 8.80. The molecule has 0 unspecified atom stereocenters. The van der Waals surface area contributed by atoms with E-state index in [1.807, 2.05) is 77.0 Å². The number of fused-ring (bicyclic) bond motifs is 4. The van der Waals surface area contributed by atoms with Crippen molar-refractivity contribution in [2.75, 3.05) is 40.3 Å². The fourth-order valence-electron chi connectivity index (χ4n) is 8.67. The van der Waals surface area contributed by atoms with Crippen molar-refractivity contribution in [1.82, 2.24) is 4.90 Å². The van der Waals surface area contributed by atoms with Gasteiger partial charge in [-0.25, -0.2) is 0 Å². The van der Waals surface area contributed by atoms with Gasteiger partial charge in [0.15, 0.2) is 0 Å². The average Bonchev–Trinajstić information content (AvgIpc) is 3.41. The molecule has 1 heterocycles. The highest BCUT2D eigenvalue weighted by molar-refractivity contribution is 6.26. The number of imide groups is 1. The first-order chi connectivity index (χ1) is 34.5. The zero-order valence-electron chi connectivity index (χ0n) is 43.7. The van der Waals surface area contributed by atoms with E-state index in [-0.39, 0.29) is 11.8 Å². The van der Waals surface area contributed by atoms with Gasteiger partial charge in [0, 0.05) is 71.0 Å². The van der Waals surface area contributed by atoms with Crippen LogP contribution < -0.4 is 14.4 Å². The number of rotatable bonds is 4. The Bertz CT molecular complexity index is 3500. The van der Waals surface area contributed by atoms with E-state index < -0.39 is 0 Å². The Kier molecular flexibility index (Phi) is 17.7. The minimum absolute atomic E-state index is 0.237. The van der Waals surface area contributed by atoms with Crippen LogP contribution in [-0.4, -0.2) is 52.1 Å². The molecule has 0 saturated carbocycles. The van der Waals surface area contributed by atoms with Crippen molar-refractivity contribution in [1.29, 1.82) is 0 Å². The number of benzene rings is 9. The summed E-state index contributed by atoms with van der Waals surface area (Å²) in [4.78, 5) is 27.5. The molecule has 0 fully saturated rings. The summed E-state index contributed by atoms with van der Waals surface area (Å²) in [5.41, 5.74) is 7.49. The first kappa shape index (κ1) is 52.3. The van der Waals surface area contributed by atoms with Crippen LogP contribution in [0.15, 0.2) is 146 Å². The Morgan fingerprint density at radius 2 is 0.958 bits per heavy atom. The van der Waals surface area contributed by atoms with Crippen LogP contribution in [0.25, 0.3) is 53.9 Å². The largest absolute Gasteiger partial charge is 0.497 e. The predicted octanol–water partition coefficient (Wildman–Crippen LogP) is 15.8. The lowest BCUT2D eigenvalue weighted by Crippen LogP contribution is -2.37. The number of carbonyl (C=O) groups is 2. The lowest BCUT2D eigenvalue weighted by Gasteiger charge is -2.25. The van der Waals surface area contributed by atoms with E-state index in [1.54, 1.807) is 26.4 Å². The molecule has 0 radical (unpaired) electrons. The van der Waals surface area contributed by atoms with Gasteiger partial charge in [-0.3, -0.25) is 14.5 Å². The number of carbonyl (C=O) groups excluding carboxylic acids is 2. The third kappa shape index (κ3) is 10.9. The third-order valence-corrected chi connectivity index (χ3v) is 12.1. The second-order valence-electron chi connectivity index (χ2n) is 17.2. The molecule has 0 saturated heterocycles. The molecule has 0 aromatic heterocycles. The highest BCUT2D eigenvalue weighted by Crippen LogP contribution is 2.37. The van der Waals surface area contributed by atoms with E-state index in [4.69, 9.17) is 9.47 Å². The van der Waals surface area contributed by atoms with Crippen molar-refractivity contribution in [3.63, 3.8) is 0 Å². The zero-order chi connectivity index (χ0) is 51.4. The normalized spacial score (nSPS) is 11.2. The Labute approximate surface area is 421 Å². The summed E-state index contributed by atoms with van der Waals surface area (Å²) < 4.78 is 10.9. The van der Waals surface area contributed by atoms with E-state index in [0.29, 0.717) is 17.0 Å². The van der Waals surface area contributed by atoms with E-state index in [1.165, 1.54) is 23.9 Å². The molecule has 6 heteroatoms. The summed E-state index contributed by atoms with van der Waals surface area (Å²) in [5, 5.41) is 10.6. The van der Waals surface area contributed by atoms with Gasteiger partial charge in [-0.1, -0.05) is 158 Å². The van der Waals surface area contributed by atoms with Crippen LogP contribution in [0, 0.1) is 23.7 Å². The molecule has 0 bridgehead atoms. The van der Waals surface area contributed by atoms with Gasteiger partial charge in [0.05, 0.1) is 14.2 Å². The molecule has 1 aliphatic heterocycles. The fourth-order valence-corrected chi connectivity index (χ4v) is 8.67. The van der Waals surface area contributed by atoms with Gasteiger partial charge in [-0.05, 0) is 127 Å². The molecule has 0 aliphatic carbocycles. The summed E-state index contributed by atoms with van der Waals surface area (Å²) in [6.07, 6.45) is 1.25. The molecule has 1 aliphatic rings. The van der Waals surface area contributed by atoms with Crippen molar-refractivity contribution in [2.24, 2.45) is 0 Å². The maximum atomic E-state index is 12.2. The molecular formula is C65H66N2O4. The molecule has 0 spiro atoms. The maximum Gasteiger partial charge on any atom is 0.261 e. The Morgan fingerprint density at radius 3 is 1.45 bits per heavy atom. The summed E-state index contributed by atoms with van der Waals surface area (Å²) in [5.74, 6) is 15.9. The molecule has 2 amide bonds. The number of anilines is 1. The van der Waals surface area contributed by atoms with Crippen LogP contribution in [0.4, 0.5) is 5.69 Å². The Morgan fingerprint density at radius 1 is 0.507 bits per heavy atom. The molecule has 10 rings (SSSR count). The fraction of sp³-hybridized carbons (Fsp3) is 0.231. The number of amides is 2. The average molecular weight is 939 g/mol. The second kappa shape index (κ2) is 24.0. The molecule has 0 N–H and O–H groups in total. The summed E-state index contributed by atoms with van der Waals surface area (Å²) >= 11 is 0. The maximum absolute atomic E-state index is 12.2. The minimum Gasteiger partial charge on any atom is -0.497 e. The number of nitrogens with zero attached hydrogens (tertiary/aromatic N) is 2. The van der Waals surface area contributed by atoms with Crippen LogP contribution in [0.2, 0.25) is 0 Å². The van der Waals surface area contributed by atoms with Gasteiger partial charge < -0.3 is 14.4 Å². The lowest BCUT2D eigenvalue weighted by molar-refractivity contribution is 0.0650. The number of hydrogen-bond donors (Lipinski definition) is 0. The van der Waals surface area contributed by atoms with Crippen molar-refractivity contribution < 1.29 is 19.1 Å². The topological polar surface area (TPSA) is 59.1 Å². The van der Waals surface area contributed by atoms with Gasteiger partial charge in [-0.15, -0.1) is 0 Å². The lowest BCUT2D eigenvalue weighted by atomic mass is 9.89. The predicted molar refractivity (Wildman–Crippen MR) is 302 cm³/mol. The van der Waals surface area contributed by atoms with E-state index in [0.717, 1.165) is 93.3 Å². The SMILES string of the molecule is CC.CC.CCC.CN1C(=O)c2cccc3c(N(C)C)ccc(c23)C1=O.COc1ccc2c(C#Cc3c4ccccc4c(C#Cc4cccc5cc(OC)ccc45)c4cc(C(C)C)ccc34)cccc2c1. The number of ether oxygens (including phenoxy) is 2. The molecule has 6 nitrogen and oxygen atoms in total. The van der Waals surface area contributed by atoms with Crippen LogP contribution in [-0.2, 0) is 0 Å². The van der Waals surface area contributed by atoms with Gasteiger partial charge in [0.2, 0.25) is 0 Å². The monoisotopic (exact) mass is 939 g/mol. The standard InChI is InChI=1S/C43H32O2.C15H14N2O2.C3H8.2C2H6/c1-28(2)31-17-22-42-40(20-15-29-9-7-11-32-25-34(44-3)18-23-36(29)32)38-13-5-6-14-39(38)41(43(42)27-31)21-16-30-10-8-12-33-26-35(45-4)19-24-37(30)33;1-16(2)12-8-7-11-13-9(12)5-4-6-10(13)14(18)17(3)15(11)19;1-3-2;2*1-2/h5-14,17-19,22-28H,1-4H3;4-8H,1-3H3;3H2,1-2H3;2*1-2H3. The van der Waals surface area contributed by atoms with Gasteiger partial charge in [0.1, 0.15) is 11.5 Å². The Hall–Kier alpha value is -8.06. The smallest absolute Gasteiger partial charge is 0.261 e. The van der Waals surface area contributed by atoms with Crippen molar-refractivity contribution in [3.8, 4) is 35.2 Å². The third-order valence-electron chi connectivity index (χ3n) is 12.1. The van der Waals surface area contributed by atoms with Crippen molar-refractivity contribution in [2.45, 2.75) is 67.7 Å². The summed E-state index contributed by atoms with van der Waals surface area (Å²) in [6, 6.07) is 49.3. The van der Waals surface area contributed by atoms with Crippen molar-refractivity contribution >= 4 is 71.4 Å². The van der Waals surface area contributed by atoms with Crippen LogP contribution in [0.3, 0.4) is 0 Å². The van der Waals surface area contributed by atoms with Gasteiger partial charge in [0.25, 0.3) is 11.8 Å². The molecular weight excluding hydrogens is 873 g/mol. The number of methoxy groups -OCH3 is 2. The van der Waals surface area contributed by atoms with Gasteiger partial charge >= 0.3 is 0 Å². The first-order valence-corrected chi connectivity index (χ1v) is 24.7. The van der Waals surface area contributed by atoms with Crippen LogP contribution in [0.5, 0.6) is 11.5 Å². The minimum atomic E-state index is -0.237. The molecule has 9 aromatic rings. The van der Waals surface area contributed by atoms with E-state index in [2.05, 4.69) is 155 Å². The van der Waals surface area contributed by atoms with E-state index in [9.17, 15) is 9.59 Å². The molecule has 9 aromatic carbocycles. The second-order valence-corrected chi connectivity index (χ2v) is 17.2. The molecule has 0 atom stereocenters. The summed E-state index contributed by atoms with van der Waals surface area (Å²) in [6.45, 7) is 16.7. The van der Waals surface area contributed by atoms with Gasteiger partial charge in [-0.2, -0.15) is 0 Å². The molecule has 360 valence electrons. The zero-order valence-corrected chi connectivity index (χ0v) is 43.7. The van der Waals surface area contributed by atoms with Crippen LogP contribution >= 0.6 is 0 Å².